The van der Waals surface area contributed by atoms with Crippen molar-refractivity contribution in [2.75, 3.05) is 11.4 Å². The molecule has 1 amide bonds. The first kappa shape index (κ1) is 11.0. The molecule has 0 atom stereocenters. The van der Waals surface area contributed by atoms with Crippen molar-refractivity contribution in [3.05, 3.63) is 47.8 Å². The SMILES string of the molecule is Cc1cnn(CC(=O)N2CCc3ccccc32)c1. The minimum absolute atomic E-state index is 0.100. The molecule has 0 fully saturated rings. The molecule has 1 aromatic carbocycles. The first-order valence-corrected chi connectivity index (χ1v) is 6.11. The van der Waals surface area contributed by atoms with Crippen LogP contribution in [0.4, 0.5) is 5.69 Å². The third-order valence-corrected chi connectivity index (χ3v) is 3.25. The Bertz CT molecular complexity index is 588. The van der Waals surface area contributed by atoms with Crippen LogP contribution >= 0.6 is 0 Å². The van der Waals surface area contributed by atoms with Gasteiger partial charge in [0, 0.05) is 18.4 Å². The molecular weight excluding hydrogens is 226 g/mol. The molecule has 4 heteroatoms. The summed E-state index contributed by atoms with van der Waals surface area (Å²) < 4.78 is 1.69. The number of carbonyl (C=O) groups is 1. The average Bonchev–Trinajstić information content (AvgIpc) is 2.95. The zero-order chi connectivity index (χ0) is 12.5. The van der Waals surface area contributed by atoms with Gasteiger partial charge in [0.1, 0.15) is 6.54 Å². The Balaban J connectivity index is 1.78. The molecule has 3 rings (SSSR count). The van der Waals surface area contributed by atoms with E-state index >= 15 is 0 Å². The number of aryl methyl sites for hydroxylation is 1. The summed E-state index contributed by atoms with van der Waals surface area (Å²) >= 11 is 0. The van der Waals surface area contributed by atoms with Crippen LogP contribution in [-0.2, 0) is 17.8 Å². The lowest BCUT2D eigenvalue weighted by Crippen LogP contribution is -2.32. The number of aromatic nitrogens is 2. The van der Waals surface area contributed by atoms with E-state index in [0.29, 0.717) is 6.54 Å². The molecule has 1 aliphatic heterocycles. The number of para-hydroxylation sites is 1. The van der Waals surface area contributed by atoms with Gasteiger partial charge in [-0.05, 0) is 30.5 Å². The third kappa shape index (κ3) is 1.90. The van der Waals surface area contributed by atoms with Gasteiger partial charge in [-0.15, -0.1) is 0 Å². The lowest BCUT2D eigenvalue weighted by Gasteiger charge is -2.17. The van der Waals surface area contributed by atoms with Crippen molar-refractivity contribution in [1.82, 2.24) is 9.78 Å². The summed E-state index contributed by atoms with van der Waals surface area (Å²) in [6, 6.07) is 8.08. The smallest absolute Gasteiger partial charge is 0.248 e. The van der Waals surface area contributed by atoms with Crippen LogP contribution in [-0.4, -0.2) is 22.2 Å². The van der Waals surface area contributed by atoms with E-state index in [4.69, 9.17) is 0 Å². The van der Waals surface area contributed by atoms with Gasteiger partial charge in [-0.25, -0.2) is 0 Å². The van der Waals surface area contributed by atoms with Gasteiger partial charge in [0.2, 0.25) is 5.91 Å². The van der Waals surface area contributed by atoms with Crippen LogP contribution in [0.2, 0.25) is 0 Å². The van der Waals surface area contributed by atoms with Crippen molar-refractivity contribution >= 4 is 11.6 Å². The van der Waals surface area contributed by atoms with Crippen LogP contribution in [0.1, 0.15) is 11.1 Å². The lowest BCUT2D eigenvalue weighted by molar-refractivity contribution is -0.119. The Labute approximate surface area is 106 Å². The molecule has 0 aliphatic carbocycles. The highest BCUT2D eigenvalue weighted by Crippen LogP contribution is 2.27. The fourth-order valence-corrected chi connectivity index (χ4v) is 2.37. The first-order valence-electron chi connectivity index (χ1n) is 6.11. The molecule has 0 unspecified atom stereocenters. The van der Waals surface area contributed by atoms with Gasteiger partial charge >= 0.3 is 0 Å². The zero-order valence-corrected chi connectivity index (χ0v) is 10.3. The van der Waals surface area contributed by atoms with E-state index in [2.05, 4.69) is 11.2 Å². The van der Waals surface area contributed by atoms with E-state index in [0.717, 1.165) is 24.2 Å². The molecule has 0 N–H and O–H groups in total. The lowest BCUT2D eigenvalue weighted by atomic mass is 10.2. The Morgan fingerprint density at radius 1 is 1.39 bits per heavy atom. The number of benzene rings is 1. The van der Waals surface area contributed by atoms with Crippen molar-refractivity contribution in [3.63, 3.8) is 0 Å². The number of rotatable bonds is 2. The Hall–Kier alpha value is -2.10. The maximum atomic E-state index is 12.3. The number of fused-ring (bicyclic) bond motifs is 1. The summed E-state index contributed by atoms with van der Waals surface area (Å²) in [5, 5.41) is 4.15. The van der Waals surface area contributed by atoms with E-state index in [9.17, 15) is 4.79 Å². The Morgan fingerprint density at radius 3 is 3.00 bits per heavy atom. The number of hydrogen-bond donors (Lipinski definition) is 0. The number of amides is 1. The molecule has 0 radical (unpaired) electrons. The molecule has 2 aromatic rings. The van der Waals surface area contributed by atoms with Crippen molar-refractivity contribution in [2.24, 2.45) is 0 Å². The fourth-order valence-electron chi connectivity index (χ4n) is 2.37. The van der Waals surface area contributed by atoms with Gasteiger partial charge < -0.3 is 4.90 Å². The van der Waals surface area contributed by atoms with Crippen LogP contribution in [0.25, 0.3) is 0 Å². The van der Waals surface area contributed by atoms with Gasteiger partial charge in [0.15, 0.2) is 0 Å². The Kier molecular flexibility index (Phi) is 2.63. The predicted octanol–water partition coefficient (Wildman–Crippen LogP) is 1.78. The number of anilines is 1. The number of nitrogens with zero attached hydrogens (tertiary/aromatic N) is 3. The van der Waals surface area contributed by atoms with Crippen LogP contribution < -0.4 is 4.90 Å². The van der Waals surface area contributed by atoms with Gasteiger partial charge in [0.25, 0.3) is 0 Å². The van der Waals surface area contributed by atoms with Crippen LogP contribution in [0.15, 0.2) is 36.7 Å². The second kappa shape index (κ2) is 4.29. The second-order valence-electron chi connectivity index (χ2n) is 4.64. The van der Waals surface area contributed by atoms with Gasteiger partial charge in [-0.2, -0.15) is 5.10 Å². The van der Waals surface area contributed by atoms with E-state index in [1.807, 2.05) is 36.2 Å². The average molecular weight is 241 g/mol. The van der Waals surface area contributed by atoms with Crippen LogP contribution in [0, 0.1) is 6.92 Å². The highest BCUT2D eigenvalue weighted by molar-refractivity contribution is 5.95. The van der Waals surface area contributed by atoms with E-state index < -0.39 is 0 Å². The van der Waals surface area contributed by atoms with Crippen molar-refractivity contribution in [1.29, 1.82) is 0 Å². The molecule has 92 valence electrons. The standard InChI is InChI=1S/C14H15N3O/c1-11-8-15-16(9-11)10-14(18)17-7-6-12-4-2-3-5-13(12)17/h2-5,8-9H,6-7,10H2,1H3. The minimum atomic E-state index is 0.100. The normalized spacial score (nSPS) is 13.7. The van der Waals surface area contributed by atoms with Gasteiger partial charge in [-0.1, -0.05) is 18.2 Å². The molecule has 0 spiro atoms. The quantitative estimate of drug-likeness (QED) is 0.803. The number of carbonyl (C=O) groups excluding carboxylic acids is 1. The monoisotopic (exact) mass is 241 g/mol. The van der Waals surface area contributed by atoms with Gasteiger partial charge in [-0.3, -0.25) is 9.48 Å². The highest BCUT2D eigenvalue weighted by Gasteiger charge is 2.24. The van der Waals surface area contributed by atoms with E-state index in [-0.39, 0.29) is 5.91 Å². The topological polar surface area (TPSA) is 38.1 Å². The van der Waals surface area contributed by atoms with Crippen molar-refractivity contribution < 1.29 is 4.79 Å². The molecule has 18 heavy (non-hydrogen) atoms. The highest BCUT2D eigenvalue weighted by atomic mass is 16.2. The molecule has 2 heterocycles. The summed E-state index contributed by atoms with van der Waals surface area (Å²) in [5.41, 5.74) is 3.37. The summed E-state index contributed by atoms with van der Waals surface area (Å²) in [5.74, 6) is 0.100. The molecule has 1 aromatic heterocycles. The zero-order valence-electron chi connectivity index (χ0n) is 10.3. The molecule has 0 saturated heterocycles. The third-order valence-electron chi connectivity index (χ3n) is 3.25. The van der Waals surface area contributed by atoms with E-state index in [1.54, 1.807) is 10.9 Å². The first-order chi connectivity index (χ1) is 8.74. The maximum Gasteiger partial charge on any atom is 0.248 e. The van der Waals surface area contributed by atoms with Crippen molar-refractivity contribution in [2.45, 2.75) is 19.9 Å². The summed E-state index contributed by atoms with van der Waals surface area (Å²) in [7, 11) is 0. The minimum Gasteiger partial charge on any atom is -0.310 e. The largest absolute Gasteiger partial charge is 0.310 e. The molecule has 0 bridgehead atoms. The number of hydrogen-bond acceptors (Lipinski definition) is 2. The Morgan fingerprint density at radius 2 is 2.22 bits per heavy atom. The van der Waals surface area contributed by atoms with Crippen molar-refractivity contribution in [3.8, 4) is 0 Å². The maximum absolute atomic E-state index is 12.3. The molecule has 4 nitrogen and oxygen atoms in total. The fraction of sp³-hybridized carbons (Fsp3) is 0.286. The van der Waals surface area contributed by atoms with Crippen LogP contribution in [0.3, 0.4) is 0 Å². The summed E-state index contributed by atoms with van der Waals surface area (Å²) in [6.45, 7) is 3.06. The second-order valence-corrected chi connectivity index (χ2v) is 4.64. The molecule has 0 saturated carbocycles. The molecular formula is C14H15N3O. The van der Waals surface area contributed by atoms with Gasteiger partial charge in [0.05, 0.1) is 6.20 Å². The summed E-state index contributed by atoms with van der Waals surface area (Å²) in [4.78, 5) is 14.1. The predicted molar refractivity (Wildman–Crippen MR) is 69.5 cm³/mol. The van der Waals surface area contributed by atoms with E-state index in [1.165, 1.54) is 5.56 Å². The molecule has 1 aliphatic rings. The van der Waals surface area contributed by atoms with Crippen LogP contribution in [0.5, 0.6) is 0 Å². The summed E-state index contributed by atoms with van der Waals surface area (Å²) in [6.07, 6.45) is 4.60.